The fraction of sp³-hybridized carbons (Fsp3) is 0.364. The molecule has 1 amide bonds. The first-order chi connectivity index (χ1) is 14.7. The Morgan fingerprint density at radius 1 is 1.19 bits per heavy atom. The number of aromatic amines is 1. The van der Waals surface area contributed by atoms with Crippen molar-refractivity contribution in [2.24, 2.45) is 5.41 Å². The molecule has 0 unspecified atom stereocenters. The van der Waals surface area contributed by atoms with E-state index in [0.29, 0.717) is 6.61 Å². The molecule has 31 heavy (non-hydrogen) atoms. The Morgan fingerprint density at radius 3 is 2.58 bits per heavy atom. The van der Waals surface area contributed by atoms with Gasteiger partial charge in [0.25, 0.3) is 5.91 Å². The molecule has 0 saturated carbocycles. The summed E-state index contributed by atoms with van der Waals surface area (Å²) < 4.78 is 30.8. The highest BCUT2D eigenvalue weighted by atomic mass is 32.2. The zero-order valence-electron chi connectivity index (χ0n) is 17.6. The minimum absolute atomic E-state index is 0.131. The first-order valence-corrected chi connectivity index (χ1v) is 12.1. The lowest BCUT2D eigenvalue weighted by molar-refractivity contribution is 0.0981. The molecule has 0 bridgehead atoms. The zero-order valence-corrected chi connectivity index (χ0v) is 18.4. The van der Waals surface area contributed by atoms with E-state index in [1.54, 1.807) is 30.5 Å². The highest BCUT2D eigenvalue weighted by Crippen LogP contribution is 2.36. The molecule has 3 heterocycles. The lowest BCUT2D eigenvalue weighted by Crippen LogP contribution is -2.38. The van der Waals surface area contributed by atoms with Crippen molar-refractivity contribution in [3.05, 3.63) is 48.3 Å². The quantitative estimate of drug-likeness (QED) is 0.541. The van der Waals surface area contributed by atoms with Crippen molar-refractivity contribution in [2.75, 3.05) is 26.0 Å². The van der Waals surface area contributed by atoms with Gasteiger partial charge < -0.3 is 15.0 Å². The summed E-state index contributed by atoms with van der Waals surface area (Å²) in [5.41, 5.74) is 2.90. The van der Waals surface area contributed by atoms with Crippen LogP contribution in [-0.4, -0.2) is 50.2 Å². The van der Waals surface area contributed by atoms with E-state index < -0.39 is 15.9 Å². The maximum atomic E-state index is 12.1. The molecule has 0 spiro atoms. The molecular formula is C22H26N4O4S. The van der Waals surface area contributed by atoms with Gasteiger partial charge in [-0.15, -0.1) is 0 Å². The number of H-pyrrole nitrogens is 1. The van der Waals surface area contributed by atoms with E-state index in [9.17, 15) is 13.2 Å². The fourth-order valence-corrected chi connectivity index (χ4v) is 4.28. The summed E-state index contributed by atoms with van der Waals surface area (Å²) in [5.74, 6) is 0.105. The molecule has 0 radical (unpaired) electrons. The number of carbonyl (C=O) groups excluding carboxylic acids is 1. The van der Waals surface area contributed by atoms with Crippen molar-refractivity contribution < 1.29 is 17.9 Å². The standard InChI is InChI=1S/C22H26N4O4S/c1-22(8-11-23-12-9-22)14-30-18-7-10-24-20-19(18)17(13-25-20)15-3-5-16(6-4-15)21(27)26-31(2,28)29/h3-7,10,13,23H,8-9,11-12,14H2,1-2H3,(H,24,25)(H,26,27). The van der Waals surface area contributed by atoms with Crippen LogP contribution < -0.4 is 14.8 Å². The second kappa shape index (κ2) is 8.32. The Bertz CT molecular complexity index is 1200. The van der Waals surface area contributed by atoms with Gasteiger partial charge in [0, 0.05) is 28.9 Å². The molecule has 4 rings (SSSR count). The highest BCUT2D eigenvalue weighted by molar-refractivity contribution is 7.89. The number of amides is 1. The number of piperidine rings is 1. The van der Waals surface area contributed by atoms with Crippen LogP contribution in [0.3, 0.4) is 0 Å². The van der Waals surface area contributed by atoms with Gasteiger partial charge in [-0.3, -0.25) is 4.79 Å². The van der Waals surface area contributed by atoms with Crippen molar-refractivity contribution in [1.82, 2.24) is 20.0 Å². The van der Waals surface area contributed by atoms with E-state index in [-0.39, 0.29) is 11.0 Å². The van der Waals surface area contributed by atoms with Gasteiger partial charge in [-0.2, -0.15) is 0 Å². The average Bonchev–Trinajstić information content (AvgIpc) is 3.16. The number of aromatic nitrogens is 2. The number of hydrogen-bond donors (Lipinski definition) is 3. The Balaban J connectivity index is 1.60. The van der Waals surface area contributed by atoms with E-state index >= 15 is 0 Å². The summed E-state index contributed by atoms with van der Waals surface area (Å²) in [5, 5.41) is 4.27. The van der Waals surface area contributed by atoms with Crippen LogP contribution in [0.25, 0.3) is 22.2 Å². The minimum Gasteiger partial charge on any atom is -0.492 e. The van der Waals surface area contributed by atoms with Crippen LogP contribution >= 0.6 is 0 Å². The molecule has 1 fully saturated rings. The van der Waals surface area contributed by atoms with Crippen LogP contribution in [0.5, 0.6) is 5.75 Å². The van der Waals surface area contributed by atoms with Crippen LogP contribution in [-0.2, 0) is 10.0 Å². The molecule has 164 valence electrons. The van der Waals surface area contributed by atoms with Crippen molar-refractivity contribution >= 4 is 27.0 Å². The molecule has 0 atom stereocenters. The molecule has 1 aliphatic heterocycles. The van der Waals surface area contributed by atoms with Crippen molar-refractivity contribution in [3.63, 3.8) is 0 Å². The summed E-state index contributed by atoms with van der Waals surface area (Å²) in [4.78, 5) is 19.7. The lowest BCUT2D eigenvalue weighted by Gasteiger charge is -2.33. The van der Waals surface area contributed by atoms with Crippen molar-refractivity contribution in [1.29, 1.82) is 0 Å². The number of pyridine rings is 1. The monoisotopic (exact) mass is 442 g/mol. The molecule has 2 aromatic heterocycles. The third-order valence-corrected chi connectivity index (χ3v) is 6.21. The second-order valence-corrected chi connectivity index (χ2v) is 10.1. The second-order valence-electron chi connectivity index (χ2n) is 8.37. The highest BCUT2D eigenvalue weighted by Gasteiger charge is 2.28. The summed E-state index contributed by atoms with van der Waals surface area (Å²) in [6.45, 7) is 4.88. The van der Waals surface area contributed by atoms with E-state index in [1.165, 1.54) is 0 Å². The topological polar surface area (TPSA) is 113 Å². The summed E-state index contributed by atoms with van der Waals surface area (Å²) in [6, 6.07) is 8.64. The van der Waals surface area contributed by atoms with Crippen LogP contribution in [0.1, 0.15) is 30.1 Å². The van der Waals surface area contributed by atoms with Crippen LogP contribution in [0.4, 0.5) is 0 Å². The number of nitrogens with zero attached hydrogens (tertiary/aromatic N) is 1. The summed E-state index contributed by atoms with van der Waals surface area (Å²) in [6.07, 6.45) is 6.67. The molecule has 1 aliphatic rings. The van der Waals surface area contributed by atoms with Gasteiger partial charge in [-0.1, -0.05) is 19.1 Å². The zero-order chi connectivity index (χ0) is 22.1. The Hall–Kier alpha value is -2.91. The number of hydrogen-bond acceptors (Lipinski definition) is 6. The molecule has 0 aliphatic carbocycles. The third kappa shape index (κ3) is 4.88. The molecule has 3 N–H and O–H groups in total. The van der Waals surface area contributed by atoms with Gasteiger partial charge in [0.05, 0.1) is 18.2 Å². The molecule has 3 aromatic rings. The van der Waals surface area contributed by atoms with Crippen LogP contribution in [0, 0.1) is 5.41 Å². The van der Waals surface area contributed by atoms with Crippen molar-refractivity contribution in [2.45, 2.75) is 19.8 Å². The van der Waals surface area contributed by atoms with E-state index in [4.69, 9.17) is 4.74 Å². The lowest BCUT2D eigenvalue weighted by atomic mass is 9.82. The van der Waals surface area contributed by atoms with Gasteiger partial charge in [-0.25, -0.2) is 18.1 Å². The number of carbonyl (C=O) groups is 1. The predicted molar refractivity (Wildman–Crippen MR) is 120 cm³/mol. The first-order valence-electron chi connectivity index (χ1n) is 10.2. The largest absolute Gasteiger partial charge is 0.492 e. The van der Waals surface area contributed by atoms with Gasteiger partial charge in [0.2, 0.25) is 10.0 Å². The summed E-state index contributed by atoms with van der Waals surface area (Å²) >= 11 is 0. The number of sulfonamides is 1. The van der Waals surface area contributed by atoms with E-state index in [1.807, 2.05) is 17.0 Å². The molecule has 8 nitrogen and oxygen atoms in total. The predicted octanol–water partition coefficient (Wildman–Crippen LogP) is 2.69. The molecule has 1 aromatic carbocycles. The number of benzene rings is 1. The maximum Gasteiger partial charge on any atom is 0.264 e. The first kappa shape index (κ1) is 21.3. The SMILES string of the molecule is CC1(COc2ccnc3[nH]cc(-c4ccc(C(=O)NS(C)(=O)=O)cc4)c23)CCNCC1. The maximum absolute atomic E-state index is 12.1. The van der Waals surface area contributed by atoms with Gasteiger partial charge in [0.15, 0.2) is 0 Å². The van der Waals surface area contributed by atoms with Gasteiger partial charge in [-0.05, 0) is 49.7 Å². The van der Waals surface area contributed by atoms with E-state index in [2.05, 4.69) is 22.2 Å². The molecule has 1 saturated heterocycles. The average molecular weight is 443 g/mol. The van der Waals surface area contributed by atoms with Crippen LogP contribution in [0.15, 0.2) is 42.7 Å². The number of rotatable bonds is 6. The smallest absolute Gasteiger partial charge is 0.264 e. The Labute approximate surface area is 181 Å². The van der Waals surface area contributed by atoms with E-state index in [0.717, 1.165) is 60.1 Å². The Kier molecular flexibility index (Phi) is 5.72. The molecule has 9 heteroatoms. The third-order valence-electron chi connectivity index (χ3n) is 5.66. The number of ether oxygens (including phenoxy) is 1. The fourth-order valence-electron chi connectivity index (χ4n) is 3.83. The normalized spacial score (nSPS) is 16.2. The molecular weight excluding hydrogens is 416 g/mol. The number of nitrogens with one attached hydrogen (secondary N) is 3. The Morgan fingerprint density at radius 2 is 1.90 bits per heavy atom. The van der Waals surface area contributed by atoms with Gasteiger partial charge >= 0.3 is 0 Å². The van der Waals surface area contributed by atoms with Gasteiger partial charge in [0.1, 0.15) is 11.4 Å². The van der Waals surface area contributed by atoms with Crippen molar-refractivity contribution in [3.8, 4) is 16.9 Å². The minimum atomic E-state index is -3.61. The van der Waals surface area contributed by atoms with Crippen LogP contribution in [0.2, 0.25) is 0 Å². The number of fused-ring (bicyclic) bond motifs is 1. The summed E-state index contributed by atoms with van der Waals surface area (Å²) in [7, 11) is -3.61.